The van der Waals surface area contributed by atoms with Gasteiger partial charge in [-0.15, -0.1) is 0 Å². The maximum absolute atomic E-state index is 13.5. The van der Waals surface area contributed by atoms with E-state index >= 15 is 0 Å². The molecule has 0 aliphatic carbocycles. The Balaban J connectivity index is 1.32. The van der Waals surface area contributed by atoms with E-state index in [0.29, 0.717) is 5.52 Å². The fourth-order valence-corrected chi connectivity index (χ4v) is 4.19. The number of hydrogen-bond acceptors (Lipinski definition) is 6. The molecule has 2 aliphatic rings. The number of rotatable bonds is 3. The Bertz CT molecular complexity index is 1080. The zero-order valence-corrected chi connectivity index (χ0v) is 16.0. The van der Waals surface area contributed by atoms with Crippen LogP contribution < -0.4 is 9.80 Å². The summed E-state index contributed by atoms with van der Waals surface area (Å²) in [6, 6.07) is 11.0. The Morgan fingerprint density at radius 3 is 2.55 bits per heavy atom. The number of fused-ring (bicyclic) bond motifs is 1. The van der Waals surface area contributed by atoms with E-state index < -0.39 is 0 Å². The molecule has 5 rings (SSSR count). The Morgan fingerprint density at radius 2 is 1.76 bits per heavy atom. The Hall–Kier alpha value is -3.27. The van der Waals surface area contributed by atoms with Crippen molar-refractivity contribution >= 4 is 22.5 Å². The van der Waals surface area contributed by atoms with Gasteiger partial charge in [-0.3, -0.25) is 4.98 Å². The maximum Gasteiger partial charge on any atom is 0.150 e. The Kier molecular flexibility index (Phi) is 4.47. The minimum absolute atomic E-state index is 0.148. The van der Waals surface area contributed by atoms with E-state index in [1.165, 1.54) is 12.1 Å². The third kappa shape index (κ3) is 3.35. The van der Waals surface area contributed by atoms with Crippen LogP contribution in [0.3, 0.4) is 0 Å². The first-order valence-corrected chi connectivity index (χ1v) is 9.98. The average Bonchev–Trinajstić information content (AvgIpc) is 2.73. The molecule has 0 spiro atoms. The van der Waals surface area contributed by atoms with Crippen molar-refractivity contribution in [2.45, 2.75) is 18.8 Å². The van der Waals surface area contributed by atoms with Crippen LogP contribution in [0, 0.1) is 23.1 Å². The van der Waals surface area contributed by atoms with Crippen LogP contribution in [0.25, 0.3) is 10.9 Å². The highest BCUT2D eigenvalue weighted by Crippen LogP contribution is 2.35. The smallest absolute Gasteiger partial charge is 0.150 e. The molecule has 2 aromatic heterocycles. The number of anilines is 2. The van der Waals surface area contributed by atoms with Crippen molar-refractivity contribution in [2.75, 3.05) is 36.0 Å². The molecule has 2 fully saturated rings. The molecule has 0 saturated carbocycles. The van der Waals surface area contributed by atoms with Gasteiger partial charge in [-0.05, 0) is 37.1 Å². The third-order valence-electron chi connectivity index (χ3n) is 5.91. The standard InChI is InChI=1S/C22H21FN6/c23-18-3-1-16-2-4-20(27-19(16)11-18)29-13-17(14-29)21-22(26-8-7-25-21)28-9-5-15(12-24)6-10-28/h1-4,7-8,11,15,17H,5-6,9-10,13-14H2. The van der Waals surface area contributed by atoms with Gasteiger partial charge in [0.2, 0.25) is 0 Å². The molecule has 0 radical (unpaired) electrons. The van der Waals surface area contributed by atoms with Gasteiger partial charge in [0.1, 0.15) is 11.6 Å². The van der Waals surface area contributed by atoms with Crippen LogP contribution in [-0.2, 0) is 0 Å². The molecule has 4 heterocycles. The number of benzene rings is 1. The first kappa shape index (κ1) is 17.8. The molecular weight excluding hydrogens is 367 g/mol. The zero-order valence-electron chi connectivity index (χ0n) is 16.0. The summed E-state index contributed by atoms with van der Waals surface area (Å²) < 4.78 is 13.5. The van der Waals surface area contributed by atoms with E-state index in [1.807, 2.05) is 12.1 Å². The number of nitrogens with zero attached hydrogens (tertiary/aromatic N) is 6. The van der Waals surface area contributed by atoms with Crippen molar-refractivity contribution < 1.29 is 4.39 Å². The maximum atomic E-state index is 13.5. The van der Waals surface area contributed by atoms with Gasteiger partial charge in [0.05, 0.1) is 17.3 Å². The zero-order chi connectivity index (χ0) is 19.8. The second-order valence-electron chi connectivity index (χ2n) is 7.76. The van der Waals surface area contributed by atoms with E-state index in [2.05, 4.69) is 30.8 Å². The summed E-state index contributed by atoms with van der Waals surface area (Å²) in [5.41, 5.74) is 1.69. The lowest BCUT2D eigenvalue weighted by Crippen LogP contribution is -2.47. The monoisotopic (exact) mass is 388 g/mol. The summed E-state index contributed by atoms with van der Waals surface area (Å²) in [4.78, 5) is 18.3. The highest BCUT2D eigenvalue weighted by atomic mass is 19.1. The molecule has 146 valence electrons. The lowest BCUT2D eigenvalue weighted by Gasteiger charge is -2.41. The average molecular weight is 388 g/mol. The van der Waals surface area contributed by atoms with E-state index in [4.69, 9.17) is 5.26 Å². The second kappa shape index (κ2) is 7.28. The largest absolute Gasteiger partial charge is 0.355 e. The summed E-state index contributed by atoms with van der Waals surface area (Å²) >= 11 is 0. The molecule has 0 amide bonds. The number of pyridine rings is 1. The quantitative estimate of drug-likeness (QED) is 0.684. The molecule has 7 heteroatoms. The number of nitriles is 1. The molecule has 29 heavy (non-hydrogen) atoms. The molecule has 1 aromatic carbocycles. The highest BCUT2D eigenvalue weighted by molar-refractivity contribution is 5.80. The van der Waals surface area contributed by atoms with Crippen LogP contribution in [0.4, 0.5) is 16.0 Å². The summed E-state index contributed by atoms with van der Waals surface area (Å²) in [5.74, 6) is 1.97. The molecule has 6 nitrogen and oxygen atoms in total. The van der Waals surface area contributed by atoms with E-state index in [-0.39, 0.29) is 17.7 Å². The Morgan fingerprint density at radius 1 is 1.00 bits per heavy atom. The molecular formula is C22H21FN6. The van der Waals surface area contributed by atoms with Crippen LogP contribution in [0.2, 0.25) is 0 Å². The summed E-state index contributed by atoms with van der Waals surface area (Å²) in [6.07, 6.45) is 5.24. The molecule has 0 N–H and O–H groups in total. The van der Waals surface area contributed by atoms with E-state index in [1.54, 1.807) is 18.5 Å². The summed E-state index contributed by atoms with van der Waals surface area (Å²) in [7, 11) is 0. The minimum Gasteiger partial charge on any atom is -0.355 e. The van der Waals surface area contributed by atoms with Gasteiger partial charge in [-0.2, -0.15) is 5.26 Å². The third-order valence-corrected chi connectivity index (χ3v) is 5.91. The van der Waals surface area contributed by atoms with Gasteiger partial charge < -0.3 is 9.80 Å². The van der Waals surface area contributed by atoms with Gasteiger partial charge in [-0.1, -0.05) is 0 Å². The van der Waals surface area contributed by atoms with Crippen molar-refractivity contribution in [3.63, 3.8) is 0 Å². The first-order chi connectivity index (χ1) is 14.2. The highest BCUT2D eigenvalue weighted by Gasteiger charge is 2.34. The lowest BCUT2D eigenvalue weighted by atomic mass is 9.94. The lowest BCUT2D eigenvalue weighted by molar-refractivity contribution is 0.473. The van der Waals surface area contributed by atoms with Crippen molar-refractivity contribution in [1.29, 1.82) is 5.26 Å². The number of aromatic nitrogens is 3. The minimum atomic E-state index is -0.270. The molecule has 0 atom stereocenters. The van der Waals surface area contributed by atoms with E-state index in [0.717, 1.165) is 61.7 Å². The van der Waals surface area contributed by atoms with Crippen LogP contribution in [-0.4, -0.2) is 41.1 Å². The van der Waals surface area contributed by atoms with Gasteiger partial charge >= 0.3 is 0 Å². The fraction of sp³-hybridized carbons (Fsp3) is 0.364. The van der Waals surface area contributed by atoms with Gasteiger partial charge in [-0.25, -0.2) is 14.4 Å². The van der Waals surface area contributed by atoms with Crippen molar-refractivity contribution in [3.05, 3.63) is 54.2 Å². The van der Waals surface area contributed by atoms with Gasteiger partial charge in [0, 0.05) is 61.9 Å². The molecule has 0 bridgehead atoms. The Labute approximate surface area is 168 Å². The second-order valence-corrected chi connectivity index (χ2v) is 7.76. The SMILES string of the molecule is N#CC1CCN(c2nccnc2C2CN(c3ccc4ccc(F)cc4n3)C2)CC1. The van der Waals surface area contributed by atoms with Crippen molar-refractivity contribution in [1.82, 2.24) is 15.0 Å². The van der Waals surface area contributed by atoms with E-state index in [9.17, 15) is 4.39 Å². The number of halogens is 1. The summed E-state index contributed by atoms with van der Waals surface area (Å²) in [5, 5.41) is 10.1. The number of piperidine rings is 1. The normalized spacial score (nSPS) is 17.9. The predicted octanol–water partition coefficient (Wildman–Crippen LogP) is 3.51. The van der Waals surface area contributed by atoms with Crippen LogP contribution in [0.1, 0.15) is 24.5 Å². The molecule has 2 saturated heterocycles. The van der Waals surface area contributed by atoms with Crippen molar-refractivity contribution in [3.8, 4) is 6.07 Å². The van der Waals surface area contributed by atoms with Gasteiger partial charge in [0.15, 0.2) is 5.82 Å². The fourth-order valence-electron chi connectivity index (χ4n) is 4.19. The van der Waals surface area contributed by atoms with Crippen LogP contribution in [0.15, 0.2) is 42.7 Å². The van der Waals surface area contributed by atoms with Gasteiger partial charge in [0.25, 0.3) is 0 Å². The predicted molar refractivity (Wildman–Crippen MR) is 109 cm³/mol. The molecule has 0 unspecified atom stereocenters. The van der Waals surface area contributed by atoms with Crippen LogP contribution in [0.5, 0.6) is 0 Å². The molecule has 3 aromatic rings. The topological polar surface area (TPSA) is 68.9 Å². The number of hydrogen-bond donors (Lipinski definition) is 0. The molecule has 2 aliphatic heterocycles. The van der Waals surface area contributed by atoms with Crippen molar-refractivity contribution in [2.24, 2.45) is 5.92 Å². The summed E-state index contributed by atoms with van der Waals surface area (Å²) in [6.45, 7) is 3.32. The van der Waals surface area contributed by atoms with Crippen LogP contribution >= 0.6 is 0 Å². The first-order valence-electron chi connectivity index (χ1n) is 9.98.